The van der Waals surface area contributed by atoms with Gasteiger partial charge in [0.2, 0.25) is 17.7 Å². The van der Waals surface area contributed by atoms with E-state index in [1.807, 2.05) is 11.0 Å². The molecule has 3 fully saturated rings. The molecule has 2 amide bonds. The van der Waals surface area contributed by atoms with Crippen molar-refractivity contribution in [1.82, 2.24) is 20.2 Å². The van der Waals surface area contributed by atoms with Gasteiger partial charge in [-0.25, -0.2) is 9.97 Å². The molecule has 1 N–H and O–H groups in total. The Hall–Kier alpha value is -2.90. The van der Waals surface area contributed by atoms with E-state index in [0.29, 0.717) is 38.4 Å². The highest BCUT2D eigenvalue weighted by Crippen LogP contribution is 2.30. The second kappa shape index (κ2) is 8.69. The first kappa shape index (κ1) is 20.0. The predicted molar refractivity (Wildman–Crippen MR) is 117 cm³/mol. The van der Waals surface area contributed by atoms with Gasteiger partial charge in [-0.05, 0) is 50.3 Å². The van der Waals surface area contributed by atoms with E-state index in [9.17, 15) is 9.59 Å². The zero-order chi connectivity index (χ0) is 21.2. The van der Waals surface area contributed by atoms with Crippen molar-refractivity contribution in [1.29, 1.82) is 0 Å². The maximum atomic E-state index is 12.8. The summed E-state index contributed by atoms with van der Waals surface area (Å²) in [6, 6.07) is 6.23. The number of amides is 2. The molecule has 1 atom stereocenters. The SMILES string of the molecule is O=C1CCC(C(=O)N2CCN(c3ccc4ncnc(OC5CCCC5)c4c3)CC2)CN1. The van der Waals surface area contributed by atoms with Crippen LogP contribution in [0.2, 0.25) is 0 Å². The van der Waals surface area contributed by atoms with E-state index < -0.39 is 0 Å². The lowest BCUT2D eigenvalue weighted by Gasteiger charge is -2.38. The summed E-state index contributed by atoms with van der Waals surface area (Å²) in [5.41, 5.74) is 2.00. The highest BCUT2D eigenvalue weighted by atomic mass is 16.5. The van der Waals surface area contributed by atoms with Gasteiger partial charge in [0.05, 0.1) is 16.8 Å². The van der Waals surface area contributed by atoms with E-state index in [1.165, 1.54) is 12.8 Å². The number of aromatic nitrogens is 2. The molecule has 3 aliphatic rings. The quantitative estimate of drug-likeness (QED) is 0.811. The van der Waals surface area contributed by atoms with Crippen LogP contribution in [0.4, 0.5) is 5.69 Å². The van der Waals surface area contributed by atoms with Crippen LogP contribution in [0.15, 0.2) is 24.5 Å². The van der Waals surface area contributed by atoms with Gasteiger partial charge in [-0.2, -0.15) is 0 Å². The van der Waals surface area contributed by atoms with Crippen molar-refractivity contribution < 1.29 is 14.3 Å². The van der Waals surface area contributed by atoms with Crippen molar-refractivity contribution in [2.24, 2.45) is 5.92 Å². The standard InChI is InChI=1S/C23H29N5O3/c29-21-8-5-16(14-24-21)23(30)28-11-9-27(10-12-28)17-6-7-20-19(13-17)22(26-15-25-20)31-18-3-1-2-4-18/h6-7,13,15-16,18H,1-5,8-12,14H2,(H,24,29). The molecule has 1 aromatic carbocycles. The Kier molecular flexibility index (Phi) is 5.61. The number of hydrogen-bond acceptors (Lipinski definition) is 6. The van der Waals surface area contributed by atoms with E-state index in [0.717, 1.165) is 42.5 Å². The fourth-order valence-electron chi connectivity index (χ4n) is 4.86. The molecular weight excluding hydrogens is 394 g/mol. The Labute approximate surface area is 182 Å². The van der Waals surface area contributed by atoms with Crippen LogP contribution >= 0.6 is 0 Å². The third-order valence-corrected chi connectivity index (χ3v) is 6.73. The van der Waals surface area contributed by atoms with Crippen LogP contribution in [0, 0.1) is 5.92 Å². The Morgan fingerprint density at radius 3 is 2.61 bits per heavy atom. The average Bonchev–Trinajstić information content (AvgIpc) is 3.32. The molecule has 3 heterocycles. The zero-order valence-corrected chi connectivity index (χ0v) is 17.8. The van der Waals surface area contributed by atoms with Crippen molar-refractivity contribution in [2.75, 3.05) is 37.6 Å². The van der Waals surface area contributed by atoms with Gasteiger partial charge in [0.1, 0.15) is 12.4 Å². The van der Waals surface area contributed by atoms with Gasteiger partial charge < -0.3 is 19.9 Å². The van der Waals surface area contributed by atoms with Crippen LogP contribution in [0.25, 0.3) is 10.9 Å². The second-order valence-electron chi connectivity index (χ2n) is 8.76. The third kappa shape index (κ3) is 4.29. The summed E-state index contributed by atoms with van der Waals surface area (Å²) in [5, 5.41) is 3.76. The van der Waals surface area contributed by atoms with Crippen molar-refractivity contribution in [3.63, 3.8) is 0 Å². The lowest BCUT2D eigenvalue weighted by molar-refractivity contribution is -0.137. The minimum atomic E-state index is -0.0858. The maximum absolute atomic E-state index is 12.8. The van der Waals surface area contributed by atoms with Crippen LogP contribution in [-0.2, 0) is 9.59 Å². The number of piperazine rings is 1. The Balaban J connectivity index is 1.26. The first-order chi connectivity index (χ1) is 15.2. The van der Waals surface area contributed by atoms with E-state index in [4.69, 9.17) is 4.74 Å². The van der Waals surface area contributed by atoms with Crippen molar-refractivity contribution in [2.45, 2.75) is 44.6 Å². The summed E-state index contributed by atoms with van der Waals surface area (Å²) in [7, 11) is 0. The largest absolute Gasteiger partial charge is 0.474 e. The number of nitrogens with zero attached hydrogens (tertiary/aromatic N) is 4. The number of anilines is 1. The third-order valence-electron chi connectivity index (χ3n) is 6.73. The number of nitrogens with one attached hydrogen (secondary N) is 1. The molecule has 1 saturated carbocycles. The monoisotopic (exact) mass is 423 g/mol. The summed E-state index contributed by atoms with van der Waals surface area (Å²) in [6.45, 7) is 3.41. The normalized spacial score (nSPS) is 22.6. The second-order valence-corrected chi connectivity index (χ2v) is 8.76. The van der Waals surface area contributed by atoms with Gasteiger partial charge in [0.25, 0.3) is 0 Å². The molecule has 5 rings (SSSR count). The molecule has 1 unspecified atom stereocenters. The molecule has 0 radical (unpaired) electrons. The van der Waals surface area contributed by atoms with Gasteiger partial charge in [0.15, 0.2) is 0 Å². The van der Waals surface area contributed by atoms with Gasteiger partial charge in [-0.3, -0.25) is 9.59 Å². The highest BCUT2D eigenvalue weighted by molar-refractivity contribution is 5.87. The highest BCUT2D eigenvalue weighted by Gasteiger charge is 2.30. The number of benzene rings is 1. The van der Waals surface area contributed by atoms with E-state index in [2.05, 4.69) is 32.3 Å². The number of carbonyl (C=O) groups excluding carboxylic acids is 2. The van der Waals surface area contributed by atoms with Crippen molar-refractivity contribution in [3.8, 4) is 5.88 Å². The zero-order valence-electron chi connectivity index (χ0n) is 17.8. The fourth-order valence-corrected chi connectivity index (χ4v) is 4.86. The number of carbonyl (C=O) groups is 2. The molecule has 164 valence electrons. The molecule has 2 aliphatic heterocycles. The van der Waals surface area contributed by atoms with E-state index in [-0.39, 0.29) is 23.8 Å². The summed E-state index contributed by atoms with van der Waals surface area (Å²) >= 11 is 0. The van der Waals surface area contributed by atoms with E-state index in [1.54, 1.807) is 6.33 Å². The number of ether oxygens (including phenoxy) is 1. The molecule has 0 spiro atoms. The molecular formula is C23H29N5O3. The number of fused-ring (bicyclic) bond motifs is 1. The predicted octanol–water partition coefficient (Wildman–Crippen LogP) is 2.13. The van der Waals surface area contributed by atoms with Gasteiger partial charge in [-0.15, -0.1) is 0 Å². The molecule has 2 saturated heterocycles. The van der Waals surface area contributed by atoms with Crippen molar-refractivity contribution >= 4 is 28.4 Å². The Morgan fingerprint density at radius 2 is 1.87 bits per heavy atom. The Morgan fingerprint density at radius 1 is 1.06 bits per heavy atom. The maximum Gasteiger partial charge on any atom is 0.227 e. The number of rotatable bonds is 4. The summed E-state index contributed by atoms with van der Waals surface area (Å²) < 4.78 is 6.20. The summed E-state index contributed by atoms with van der Waals surface area (Å²) in [4.78, 5) is 37.2. The summed E-state index contributed by atoms with van der Waals surface area (Å²) in [5.74, 6) is 0.800. The lowest BCUT2D eigenvalue weighted by Crippen LogP contribution is -2.52. The molecule has 1 aromatic heterocycles. The average molecular weight is 424 g/mol. The Bertz CT molecular complexity index is 957. The number of piperidine rings is 1. The smallest absolute Gasteiger partial charge is 0.227 e. The molecule has 2 aromatic rings. The number of hydrogen-bond donors (Lipinski definition) is 1. The fraction of sp³-hybridized carbons (Fsp3) is 0.565. The van der Waals surface area contributed by atoms with Gasteiger partial charge in [-0.1, -0.05) is 0 Å². The first-order valence-corrected chi connectivity index (χ1v) is 11.4. The van der Waals surface area contributed by atoms with Crippen LogP contribution in [0.3, 0.4) is 0 Å². The van der Waals surface area contributed by atoms with Crippen LogP contribution in [0.1, 0.15) is 38.5 Å². The minimum Gasteiger partial charge on any atom is -0.474 e. The molecule has 8 nitrogen and oxygen atoms in total. The van der Waals surface area contributed by atoms with E-state index >= 15 is 0 Å². The minimum absolute atomic E-state index is 0.0467. The molecule has 31 heavy (non-hydrogen) atoms. The van der Waals surface area contributed by atoms with Crippen LogP contribution < -0.4 is 15.0 Å². The molecule has 8 heteroatoms. The molecule has 1 aliphatic carbocycles. The van der Waals surface area contributed by atoms with Crippen LogP contribution in [0.5, 0.6) is 5.88 Å². The lowest BCUT2D eigenvalue weighted by atomic mass is 9.97. The van der Waals surface area contributed by atoms with Crippen LogP contribution in [-0.4, -0.2) is 65.5 Å². The van der Waals surface area contributed by atoms with Gasteiger partial charge >= 0.3 is 0 Å². The summed E-state index contributed by atoms with van der Waals surface area (Å²) in [6.07, 6.45) is 7.54. The topological polar surface area (TPSA) is 87.7 Å². The first-order valence-electron chi connectivity index (χ1n) is 11.4. The van der Waals surface area contributed by atoms with Gasteiger partial charge in [0, 0.05) is 44.8 Å². The molecule has 0 bridgehead atoms. The van der Waals surface area contributed by atoms with Crippen molar-refractivity contribution in [3.05, 3.63) is 24.5 Å².